The molecule has 0 saturated heterocycles. The number of hydrogen-bond acceptors (Lipinski definition) is 4. The lowest BCUT2D eigenvalue weighted by Gasteiger charge is -2.33. The molecule has 1 aromatic heterocycles. The van der Waals surface area contributed by atoms with Gasteiger partial charge in [0.15, 0.2) is 5.82 Å². The van der Waals surface area contributed by atoms with Crippen molar-refractivity contribution in [3.8, 4) is 11.5 Å². The maximum absolute atomic E-state index is 13.2. The number of nitrogens with two attached hydrogens (primary N) is 1. The third-order valence-electron chi connectivity index (χ3n) is 4.20. The average Bonchev–Trinajstić information content (AvgIpc) is 2.92. The van der Waals surface area contributed by atoms with E-state index >= 15 is 0 Å². The monoisotopic (exact) mass is 401 g/mol. The van der Waals surface area contributed by atoms with E-state index in [1.165, 1.54) is 12.1 Å². The van der Waals surface area contributed by atoms with Crippen molar-refractivity contribution in [2.75, 3.05) is 0 Å². The Balaban J connectivity index is 1.89. The normalized spacial score (nSPS) is 26.0. The maximum atomic E-state index is 13.2. The van der Waals surface area contributed by atoms with Crippen molar-refractivity contribution in [3.63, 3.8) is 0 Å². The fourth-order valence-corrected chi connectivity index (χ4v) is 3.41. The molecule has 112 valence electrons. The summed E-state index contributed by atoms with van der Waals surface area (Å²) < 4.78 is 19.3. The third kappa shape index (κ3) is 2.96. The molecule has 6 heteroatoms. The third-order valence-corrected chi connectivity index (χ3v) is 5.09. The molecule has 21 heavy (non-hydrogen) atoms. The predicted octanol–water partition coefficient (Wildman–Crippen LogP) is 3.84. The van der Waals surface area contributed by atoms with Gasteiger partial charge in [-0.25, -0.2) is 4.39 Å². The number of halogens is 2. The SMILES string of the molecule is CC1CCC(N)(c2noc(-c3ccc(F)cc3I)n2)CC1. The van der Waals surface area contributed by atoms with E-state index < -0.39 is 5.54 Å². The van der Waals surface area contributed by atoms with Gasteiger partial charge in [-0.05, 0) is 72.4 Å². The molecule has 0 spiro atoms. The number of benzene rings is 1. The van der Waals surface area contributed by atoms with E-state index in [1.54, 1.807) is 6.07 Å². The van der Waals surface area contributed by atoms with Crippen LogP contribution < -0.4 is 5.73 Å². The molecule has 4 nitrogen and oxygen atoms in total. The van der Waals surface area contributed by atoms with Crippen LogP contribution in [0.2, 0.25) is 0 Å². The first kappa shape index (κ1) is 14.9. The van der Waals surface area contributed by atoms with Crippen molar-refractivity contribution in [2.45, 2.75) is 38.1 Å². The molecule has 1 aliphatic rings. The second kappa shape index (κ2) is 5.64. The van der Waals surface area contributed by atoms with Crippen molar-refractivity contribution in [3.05, 3.63) is 33.4 Å². The fraction of sp³-hybridized carbons (Fsp3) is 0.467. The van der Waals surface area contributed by atoms with Gasteiger partial charge in [-0.15, -0.1) is 0 Å². The minimum Gasteiger partial charge on any atom is -0.334 e. The standard InChI is InChI=1S/C15H17FIN3O/c1-9-4-6-15(18,7-5-9)14-19-13(21-20-14)11-3-2-10(16)8-12(11)17/h2-3,8-9H,4-7,18H2,1H3. The first-order chi connectivity index (χ1) is 9.98. The van der Waals surface area contributed by atoms with Crippen LogP contribution in [-0.2, 0) is 5.54 Å². The molecule has 0 unspecified atom stereocenters. The minimum absolute atomic E-state index is 0.278. The second-order valence-electron chi connectivity index (χ2n) is 5.89. The molecule has 2 aromatic rings. The molecule has 3 rings (SSSR count). The Bertz CT molecular complexity index is 650. The van der Waals surface area contributed by atoms with Gasteiger partial charge in [-0.2, -0.15) is 4.98 Å². The lowest BCUT2D eigenvalue weighted by Crippen LogP contribution is -2.41. The number of nitrogens with zero attached hydrogens (tertiary/aromatic N) is 2. The summed E-state index contributed by atoms with van der Waals surface area (Å²) in [5.41, 5.74) is 6.69. The zero-order valence-corrected chi connectivity index (χ0v) is 13.9. The van der Waals surface area contributed by atoms with Crippen molar-refractivity contribution in [1.29, 1.82) is 0 Å². The Labute approximate surface area is 136 Å². The molecule has 0 bridgehead atoms. The average molecular weight is 401 g/mol. The molecule has 0 aliphatic heterocycles. The highest BCUT2D eigenvalue weighted by atomic mass is 127. The lowest BCUT2D eigenvalue weighted by atomic mass is 9.77. The van der Waals surface area contributed by atoms with Crippen LogP contribution in [0.4, 0.5) is 4.39 Å². The topological polar surface area (TPSA) is 64.9 Å². The van der Waals surface area contributed by atoms with E-state index in [0.717, 1.165) is 34.8 Å². The summed E-state index contributed by atoms with van der Waals surface area (Å²) in [5, 5.41) is 4.07. The molecule has 1 fully saturated rings. The Morgan fingerprint density at radius 3 is 2.76 bits per heavy atom. The first-order valence-corrected chi connectivity index (χ1v) is 8.14. The van der Waals surface area contributed by atoms with Gasteiger partial charge in [0.1, 0.15) is 5.82 Å². The zero-order valence-electron chi connectivity index (χ0n) is 11.8. The zero-order chi connectivity index (χ0) is 15.0. The van der Waals surface area contributed by atoms with E-state index in [0.29, 0.717) is 17.6 Å². The van der Waals surface area contributed by atoms with Crippen LogP contribution in [0.25, 0.3) is 11.5 Å². The van der Waals surface area contributed by atoms with Gasteiger partial charge in [0.25, 0.3) is 5.89 Å². The van der Waals surface area contributed by atoms with Crippen molar-refractivity contribution in [2.24, 2.45) is 11.7 Å². The van der Waals surface area contributed by atoms with Gasteiger partial charge in [0.2, 0.25) is 0 Å². The molecular formula is C15H17FIN3O. The molecule has 0 radical (unpaired) electrons. The van der Waals surface area contributed by atoms with Crippen LogP contribution >= 0.6 is 22.6 Å². The van der Waals surface area contributed by atoms with Gasteiger partial charge in [0.05, 0.1) is 11.1 Å². The van der Waals surface area contributed by atoms with Crippen molar-refractivity contribution in [1.82, 2.24) is 10.1 Å². The molecule has 1 saturated carbocycles. The van der Waals surface area contributed by atoms with Gasteiger partial charge in [-0.1, -0.05) is 12.1 Å². The van der Waals surface area contributed by atoms with E-state index in [9.17, 15) is 4.39 Å². The second-order valence-corrected chi connectivity index (χ2v) is 7.05. The summed E-state index contributed by atoms with van der Waals surface area (Å²) in [6.07, 6.45) is 3.89. The predicted molar refractivity (Wildman–Crippen MR) is 85.9 cm³/mol. The quantitative estimate of drug-likeness (QED) is 0.777. The summed E-state index contributed by atoms with van der Waals surface area (Å²) in [7, 11) is 0. The van der Waals surface area contributed by atoms with Gasteiger partial charge < -0.3 is 10.3 Å². The van der Waals surface area contributed by atoms with Gasteiger partial charge in [0, 0.05) is 3.57 Å². The highest BCUT2D eigenvalue weighted by Gasteiger charge is 2.36. The van der Waals surface area contributed by atoms with Crippen LogP contribution in [0.5, 0.6) is 0 Å². The number of hydrogen-bond donors (Lipinski definition) is 1. The summed E-state index contributed by atoms with van der Waals surface area (Å²) in [6.45, 7) is 2.24. The summed E-state index contributed by atoms with van der Waals surface area (Å²) in [6, 6.07) is 4.49. The first-order valence-electron chi connectivity index (χ1n) is 7.06. The number of rotatable bonds is 2. The molecule has 1 aromatic carbocycles. The van der Waals surface area contributed by atoms with Crippen LogP contribution in [0.1, 0.15) is 38.4 Å². The van der Waals surface area contributed by atoms with Crippen LogP contribution in [0.15, 0.2) is 22.7 Å². The van der Waals surface area contributed by atoms with E-state index in [1.807, 2.05) is 0 Å². The molecule has 0 atom stereocenters. The Hall–Kier alpha value is -1.02. The molecule has 2 N–H and O–H groups in total. The molecule has 0 amide bonds. The minimum atomic E-state index is -0.500. The van der Waals surface area contributed by atoms with Crippen molar-refractivity contribution >= 4 is 22.6 Å². The summed E-state index contributed by atoms with van der Waals surface area (Å²) >= 11 is 2.06. The summed E-state index contributed by atoms with van der Waals surface area (Å²) in [5.74, 6) is 1.38. The van der Waals surface area contributed by atoms with Crippen LogP contribution in [0.3, 0.4) is 0 Å². The van der Waals surface area contributed by atoms with Crippen LogP contribution in [0, 0.1) is 15.3 Å². The summed E-state index contributed by atoms with van der Waals surface area (Å²) in [4.78, 5) is 4.46. The Morgan fingerprint density at radius 1 is 1.38 bits per heavy atom. The fourth-order valence-electron chi connectivity index (χ4n) is 2.70. The maximum Gasteiger partial charge on any atom is 0.259 e. The van der Waals surface area contributed by atoms with E-state index in [4.69, 9.17) is 10.3 Å². The van der Waals surface area contributed by atoms with Gasteiger partial charge >= 0.3 is 0 Å². The van der Waals surface area contributed by atoms with E-state index in [2.05, 4.69) is 39.7 Å². The smallest absolute Gasteiger partial charge is 0.259 e. The lowest BCUT2D eigenvalue weighted by molar-refractivity contribution is 0.230. The van der Waals surface area contributed by atoms with E-state index in [-0.39, 0.29) is 5.82 Å². The Morgan fingerprint density at radius 2 is 2.10 bits per heavy atom. The van der Waals surface area contributed by atoms with Crippen molar-refractivity contribution < 1.29 is 8.91 Å². The number of aromatic nitrogens is 2. The van der Waals surface area contributed by atoms with Gasteiger partial charge in [-0.3, -0.25) is 0 Å². The highest BCUT2D eigenvalue weighted by molar-refractivity contribution is 14.1. The van der Waals surface area contributed by atoms with Crippen LogP contribution in [-0.4, -0.2) is 10.1 Å². The highest BCUT2D eigenvalue weighted by Crippen LogP contribution is 2.37. The largest absolute Gasteiger partial charge is 0.334 e. The molecule has 1 heterocycles. The Kier molecular flexibility index (Phi) is 4.00. The molecule has 1 aliphatic carbocycles. The molecular weight excluding hydrogens is 384 g/mol.